The van der Waals surface area contributed by atoms with E-state index >= 15 is 0 Å². The fraction of sp³-hybridized carbons (Fsp3) is 0.412. The van der Waals surface area contributed by atoms with Crippen LogP contribution in [0.2, 0.25) is 0 Å². The van der Waals surface area contributed by atoms with E-state index in [1.165, 1.54) is 0 Å². The van der Waals surface area contributed by atoms with Crippen molar-refractivity contribution in [3.63, 3.8) is 0 Å². The van der Waals surface area contributed by atoms with Crippen molar-refractivity contribution in [3.8, 4) is 0 Å². The molecule has 1 fully saturated rings. The van der Waals surface area contributed by atoms with Gasteiger partial charge in [0.15, 0.2) is 0 Å². The average Bonchev–Trinajstić information content (AvgIpc) is 2.60. The maximum Gasteiger partial charge on any atom is 0.272 e. The molecule has 0 unspecified atom stereocenters. The number of nitrogens with zero attached hydrogens (tertiary/aromatic N) is 5. The minimum atomic E-state index is -0.0273. The second-order valence-corrected chi connectivity index (χ2v) is 6.02. The highest BCUT2D eigenvalue weighted by Gasteiger charge is 2.22. The molecule has 1 aliphatic heterocycles. The number of rotatable bonds is 4. The van der Waals surface area contributed by atoms with Crippen molar-refractivity contribution >= 4 is 11.9 Å². The van der Waals surface area contributed by atoms with E-state index in [1.807, 2.05) is 24.0 Å². The molecular weight excluding hydrogens is 304 g/mol. The van der Waals surface area contributed by atoms with Crippen molar-refractivity contribution in [3.05, 3.63) is 47.5 Å². The van der Waals surface area contributed by atoms with E-state index in [0.717, 1.165) is 37.4 Å². The lowest BCUT2D eigenvalue weighted by atomic mass is 10.2. The fourth-order valence-electron chi connectivity index (χ4n) is 2.61. The van der Waals surface area contributed by atoms with Crippen LogP contribution in [0.1, 0.15) is 21.7 Å². The monoisotopic (exact) mass is 326 g/mol. The number of carbonyl (C=O) groups excluding carboxylic acids is 1. The van der Waals surface area contributed by atoms with Gasteiger partial charge in [0.05, 0.1) is 0 Å². The summed E-state index contributed by atoms with van der Waals surface area (Å²) >= 11 is 0. The predicted octanol–water partition coefficient (Wildman–Crippen LogP) is 1.18. The Kier molecular flexibility index (Phi) is 5.00. The number of aromatic nitrogens is 3. The third-order valence-corrected chi connectivity index (χ3v) is 4.06. The summed E-state index contributed by atoms with van der Waals surface area (Å²) in [6.07, 6.45) is 3.49. The highest BCUT2D eigenvalue weighted by atomic mass is 16.2. The van der Waals surface area contributed by atoms with E-state index < -0.39 is 0 Å². The Balaban J connectivity index is 1.70. The third kappa shape index (κ3) is 4.05. The average molecular weight is 326 g/mol. The molecule has 1 amide bonds. The molecule has 3 rings (SSSR count). The Bertz CT molecular complexity index is 697. The van der Waals surface area contributed by atoms with E-state index in [9.17, 15) is 4.79 Å². The first-order valence-electron chi connectivity index (χ1n) is 8.08. The summed E-state index contributed by atoms with van der Waals surface area (Å²) in [6.45, 7) is 5.72. The molecule has 0 atom stereocenters. The second-order valence-electron chi connectivity index (χ2n) is 6.02. The molecule has 1 aliphatic rings. The van der Waals surface area contributed by atoms with Crippen LogP contribution in [0.3, 0.4) is 0 Å². The van der Waals surface area contributed by atoms with Crippen molar-refractivity contribution in [2.24, 2.45) is 0 Å². The number of piperazine rings is 1. The minimum absolute atomic E-state index is 0.0273. The molecule has 2 aromatic heterocycles. The molecular formula is C17H22N6O. The molecule has 0 aromatic carbocycles. The standard InChI is InChI=1S/C17H22N6O/c1-13-11-15(16(24)23-9-7-22(2)8-10-23)21-17(20-13)19-12-14-3-5-18-6-4-14/h3-6,11H,7-10,12H2,1-2H3,(H,19,20,21). The fourth-order valence-corrected chi connectivity index (χ4v) is 2.61. The Labute approximate surface area is 141 Å². The van der Waals surface area contributed by atoms with Gasteiger partial charge in [-0.25, -0.2) is 9.97 Å². The lowest BCUT2D eigenvalue weighted by Gasteiger charge is -2.32. The summed E-state index contributed by atoms with van der Waals surface area (Å²) in [7, 11) is 2.07. The first kappa shape index (κ1) is 16.3. The van der Waals surface area contributed by atoms with Gasteiger partial charge < -0.3 is 15.1 Å². The zero-order valence-corrected chi connectivity index (χ0v) is 14.1. The summed E-state index contributed by atoms with van der Waals surface area (Å²) in [5.74, 6) is 0.449. The van der Waals surface area contributed by atoms with Crippen molar-refractivity contribution < 1.29 is 4.79 Å². The maximum atomic E-state index is 12.7. The first-order chi connectivity index (χ1) is 11.6. The van der Waals surface area contributed by atoms with E-state index in [0.29, 0.717) is 18.2 Å². The number of hydrogen-bond acceptors (Lipinski definition) is 6. The zero-order chi connectivity index (χ0) is 16.9. The summed E-state index contributed by atoms with van der Waals surface area (Å²) < 4.78 is 0. The van der Waals surface area contributed by atoms with Crippen LogP contribution in [0, 0.1) is 6.92 Å². The van der Waals surface area contributed by atoms with Gasteiger partial charge in [0.25, 0.3) is 5.91 Å². The van der Waals surface area contributed by atoms with Gasteiger partial charge in [0, 0.05) is 50.8 Å². The maximum absolute atomic E-state index is 12.7. The lowest BCUT2D eigenvalue weighted by Crippen LogP contribution is -2.47. The van der Waals surface area contributed by atoms with Crippen molar-refractivity contribution in [2.45, 2.75) is 13.5 Å². The predicted molar refractivity (Wildman–Crippen MR) is 91.7 cm³/mol. The molecule has 0 saturated carbocycles. The molecule has 0 aliphatic carbocycles. The molecule has 24 heavy (non-hydrogen) atoms. The summed E-state index contributed by atoms with van der Waals surface area (Å²) in [5.41, 5.74) is 2.31. The van der Waals surface area contributed by atoms with Crippen LogP contribution in [0.15, 0.2) is 30.6 Å². The second kappa shape index (κ2) is 7.35. The van der Waals surface area contributed by atoms with Gasteiger partial charge >= 0.3 is 0 Å². The van der Waals surface area contributed by atoms with Crippen LogP contribution in [-0.4, -0.2) is 63.9 Å². The molecule has 2 aromatic rings. The summed E-state index contributed by atoms with van der Waals surface area (Å²) in [5, 5.41) is 3.18. The normalized spacial score (nSPS) is 15.3. The SMILES string of the molecule is Cc1cc(C(=O)N2CCN(C)CC2)nc(NCc2ccncc2)n1. The molecule has 7 nitrogen and oxygen atoms in total. The Morgan fingerprint density at radius 3 is 2.58 bits per heavy atom. The Morgan fingerprint density at radius 1 is 1.17 bits per heavy atom. The van der Waals surface area contributed by atoms with Crippen LogP contribution in [-0.2, 0) is 6.54 Å². The van der Waals surface area contributed by atoms with Crippen molar-refractivity contribution in [2.75, 3.05) is 38.5 Å². The van der Waals surface area contributed by atoms with Gasteiger partial charge in [0.1, 0.15) is 5.69 Å². The first-order valence-corrected chi connectivity index (χ1v) is 8.08. The highest BCUT2D eigenvalue weighted by molar-refractivity contribution is 5.92. The number of pyridine rings is 1. The minimum Gasteiger partial charge on any atom is -0.350 e. The smallest absolute Gasteiger partial charge is 0.272 e. The molecule has 0 spiro atoms. The van der Waals surface area contributed by atoms with E-state index in [-0.39, 0.29) is 5.91 Å². The molecule has 3 heterocycles. The van der Waals surface area contributed by atoms with Crippen LogP contribution < -0.4 is 5.32 Å². The lowest BCUT2D eigenvalue weighted by molar-refractivity contribution is 0.0658. The van der Waals surface area contributed by atoms with Gasteiger partial charge in [-0.3, -0.25) is 9.78 Å². The highest BCUT2D eigenvalue weighted by Crippen LogP contribution is 2.11. The Morgan fingerprint density at radius 2 is 1.88 bits per heavy atom. The van der Waals surface area contributed by atoms with Gasteiger partial charge in [-0.15, -0.1) is 0 Å². The zero-order valence-electron chi connectivity index (χ0n) is 14.1. The van der Waals surface area contributed by atoms with E-state index in [1.54, 1.807) is 18.5 Å². The molecule has 126 valence electrons. The van der Waals surface area contributed by atoms with Gasteiger partial charge in [-0.05, 0) is 37.7 Å². The molecule has 7 heteroatoms. The number of carbonyl (C=O) groups is 1. The van der Waals surface area contributed by atoms with Crippen LogP contribution in [0.4, 0.5) is 5.95 Å². The Hall–Kier alpha value is -2.54. The molecule has 0 radical (unpaired) electrons. The summed E-state index contributed by atoms with van der Waals surface area (Å²) in [6, 6.07) is 5.61. The number of amides is 1. The number of hydrogen-bond donors (Lipinski definition) is 1. The largest absolute Gasteiger partial charge is 0.350 e. The topological polar surface area (TPSA) is 74.2 Å². The third-order valence-electron chi connectivity index (χ3n) is 4.06. The van der Waals surface area contributed by atoms with Gasteiger partial charge in [-0.1, -0.05) is 0 Å². The van der Waals surface area contributed by atoms with Crippen LogP contribution in [0.5, 0.6) is 0 Å². The summed E-state index contributed by atoms with van der Waals surface area (Å²) in [4.78, 5) is 29.5. The van der Waals surface area contributed by atoms with Crippen LogP contribution in [0.25, 0.3) is 0 Å². The van der Waals surface area contributed by atoms with Crippen molar-refractivity contribution in [1.29, 1.82) is 0 Å². The van der Waals surface area contributed by atoms with Crippen molar-refractivity contribution in [1.82, 2.24) is 24.8 Å². The number of aryl methyl sites for hydroxylation is 1. The number of nitrogens with one attached hydrogen (secondary N) is 1. The number of likely N-dealkylation sites (N-methyl/N-ethyl adjacent to an activating group) is 1. The molecule has 1 N–H and O–H groups in total. The van der Waals surface area contributed by atoms with E-state index in [2.05, 4.69) is 32.2 Å². The molecule has 0 bridgehead atoms. The van der Waals surface area contributed by atoms with E-state index in [4.69, 9.17) is 0 Å². The number of anilines is 1. The van der Waals surface area contributed by atoms with Crippen LogP contribution >= 0.6 is 0 Å². The van der Waals surface area contributed by atoms with Gasteiger partial charge in [-0.2, -0.15) is 0 Å². The molecule has 1 saturated heterocycles. The van der Waals surface area contributed by atoms with Gasteiger partial charge in [0.2, 0.25) is 5.95 Å². The quantitative estimate of drug-likeness (QED) is 0.909.